The smallest absolute Gasteiger partial charge is 0.337 e. The second kappa shape index (κ2) is 8.14. The number of anilines is 1. The largest absolute Gasteiger partial charge is 0.493 e. The summed E-state index contributed by atoms with van der Waals surface area (Å²) < 4.78 is 5.56. The number of ether oxygens (including phenoxy) is 1. The maximum atomic E-state index is 12.4. The highest BCUT2D eigenvalue weighted by atomic mass is 16.5. The molecule has 3 aromatic rings. The summed E-state index contributed by atoms with van der Waals surface area (Å²) in [4.78, 5) is 24.7. The average Bonchev–Trinajstić information content (AvgIpc) is 3.44. The van der Waals surface area contributed by atoms with Crippen molar-refractivity contribution in [3.05, 3.63) is 65.0 Å². The van der Waals surface area contributed by atoms with Gasteiger partial charge in [-0.25, -0.2) is 10.2 Å². The quantitative estimate of drug-likeness (QED) is 0.490. The first-order valence-corrected chi connectivity index (χ1v) is 10.5. The van der Waals surface area contributed by atoms with Crippen LogP contribution in [0.4, 0.5) is 10.5 Å². The predicted molar refractivity (Wildman–Crippen MR) is 116 cm³/mol. The molecule has 1 aromatic heterocycles. The zero-order valence-corrected chi connectivity index (χ0v) is 17.0. The molecule has 2 aliphatic rings. The van der Waals surface area contributed by atoms with Crippen LogP contribution in [-0.4, -0.2) is 28.7 Å². The third-order valence-corrected chi connectivity index (χ3v) is 5.70. The first-order chi connectivity index (χ1) is 15.2. The molecule has 1 aliphatic carbocycles. The molecule has 31 heavy (non-hydrogen) atoms. The van der Waals surface area contributed by atoms with Crippen molar-refractivity contribution in [1.29, 1.82) is 0 Å². The first-order valence-electron chi connectivity index (χ1n) is 10.5. The molecule has 3 amide bonds. The Bertz CT molecular complexity index is 1150. The molecule has 2 aromatic carbocycles. The number of hydrogen-bond donors (Lipinski definition) is 4. The molecule has 0 atom stereocenters. The van der Waals surface area contributed by atoms with Gasteiger partial charge in [-0.2, -0.15) is 5.10 Å². The molecule has 0 spiro atoms. The number of urea groups is 1. The van der Waals surface area contributed by atoms with Gasteiger partial charge in [0, 0.05) is 23.4 Å². The summed E-state index contributed by atoms with van der Waals surface area (Å²) in [7, 11) is 0. The summed E-state index contributed by atoms with van der Waals surface area (Å²) in [5.74, 6) is 0.509. The fourth-order valence-electron chi connectivity index (χ4n) is 4.15. The zero-order chi connectivity index (χ0) is 21.2. The molecule has 0 saturated heterocycles. The van der Waals surface area contributed by atoms with E-state index in [1.165, 1.54) is 5.56 Å². The van der Waals surface area contributed by atoms with E-state index in [1.807, 2.05) is 30.3 Å². The van der Waals surface area contributed by atoms with Crippen molar-refractivity contribution in [3.63, 3.8) is 0 Å². The van der Waals surface area contributed by atoms with Crippen LogP contribution in [0.1, 0.15) is 40.2 Å². The summed E-state index contributed by atoms with van der Waals surface area (Å²) in [6.45, 7) is 0.716. The molecular formula is C23H23N5O3. The van der Waals surface area contributed by atoms with E-state index in [2.05, 4.69) is 32.4 Å². The van der Waals surface area contributed by atoms with Gasteiger partial charge in [-0.1, -0.05) is 18.2 Å². The summed E-state index contributed by atoms with van der Waals surface area (Å²) in [6, 6.07) is 13.1. The van der Waals surface area contributed by atoms with Crippen LogP contribution in [-0.2, 0) is 19.3 Å². The van der Waals surface area contributed by atoms with Crippen LogP contribution in [0.3, 0.4) is 0 Å². The van der Waals surface area contributed by atoms with Crippen LogP contribution in [0.25, 0.3) is 11.1 Å². The second-order valence-corrected chi connectivity index (χ2v) is 7.77. The van der Waals surface area contributed by atoms with E-state index in [1.54, 1.807) is 6.07 Å². The summed E-state index contributed by atoms with van der Waals surface area (Å²) in [5.41, 5.74) is 11.0. The number of nitrogens with one attached hydrogen (secondary N) is 4. The number of fused-ring (bicyclic) bond motifs is 2. The van der Waals surface area contributed by atoms with Gasteiger partial charge in [0.25, 0.3) is 5.91 Å². The molecule has 2 heterocycles. The Morgan fingerprint density at radius 1 is 0.968 bits per heavy atom. The lowest BCUT2D eigenvalue weighted by Gasteiger charge is -2.12. The minimum Gasteiger partial charge on any atom is -0.493 e. The normalized spacial score (nSPS) is 14.2. The highest BCUT2D eigenvalue weighted by molar-refractivity contribution is 5.97. The van der Waals surface area contributed by atoms with Crippen LogP contribution >= 0.6 is 0 Å². The molecule has 0 fully saturated rings. The van der Waals surface area contributed by atoms with Crippen molar-refractivity contribution in [2.24, 2.45) is 0 Å². The van der Waals surface area contributed by atoms with Crippen LogP contribution in [0.5, 0.6) is 5.75 Å². The molecule has 8 heteroatoms. The van der Waals surface area contributed by atoms with Crippen molar-refractivity contribution in [1.82, 2.24) is 21.0 Å². The third-order valence-electron chi connectivity index (χ3n) is 5.70. The number of nitrogens with zero attached hydrogens (tertiary/aromatic N) is 1. The number of aromatic nitrogens is 2. The highest BCUT2D eigenvalue weighted by Gasteiger charge is 2.22. The van der Waals surface area contributed by atoms with E-state index in [9.17, 15) is 9.59 Å². The zero-order valence-electron chi connectivity index (χ0n) is 17.0. The highest BCUT2D eigenvalue weighted by Crippen LogP contribution is 2.31. The van der Waals surface area contributed by atoms with Crippen LogP contribution < -0.4 is 20.9 Å². The Balaban J connectivity index is 1.21. The molecule has 0 radical (unpaired) electrons. The van der Waals surface area contributed by atoms with Crippen molar-refractivity contribution in [2.45, 2.75) is 32.1 Å². The van der Waals surface area contributed by atoms with E-state index < -0.39 is 11.9 Å². The molecule has 4 N–H and O–H groups in total. The van der Waals surface area contributed by atoms with Crippen LogP contribution in [0.15, 0.2) is 42.5 Å². The second-order valence-electron chi connectivity index (χ2n) is 7.77. The number of benzene rings is 2. The number of aryl methyl sites for hydroxylation is 1. The van der Waals surface area contributed by atoms with Gasteiger partial charge in [-0.05, 0) is 66.6 Å². The van der Waals surface area contributed by atoms with Gasteiger partial charge < -0.3 is 10.1 Å². The number of hydrazine groups is 1. The molecule has 0 bridgehead atoms. The number of rotatable bonds is 3. The fraction of sp³-hybridized carbons (Fsp3) is 0.261. The summed E-state index contributed by atoms with van der Waals surface area (Å²) in [5, 5.41) is 9.79. The molecule has 0 unspecified atom stereocenters. The maximum Gasteiger partial charge on any atom is 0.337 e. The lowest BCUT2D eigenvalue weighted by molar-refractivity contribution is 0.0932. The van der Waals surface area contributed by atoms with Crippen molar-refractivity contribution in [3.8, 4) is 16.9 Å². The number of carbonyl (C=O) groups excluding carboxylic acids is 2. The summed E-state index contributed by atoms with van der Waals surface area (Å²) >= 11 is 0. The topological polar surface area (TPSA) is 108 Å². The molecule has 1 aliphatic heterocycles. The van der Waals surface area contributed by atoms with E-state index >= 15 is 0 Å². The van der Waals surface area contributed by atoms with Crippen LogP contribution in [0, 0.1) is 0 Å². The molecule has 8 nitrogen and oxygen atoms in total. The van der Waals surface area contributed by atoms with Crippen LogP contribution in [0.2, 0.25) is 0 Å². The number of aromatic amines is 1. The lowest BCUT2D eigenvalue weighted by Crippen LogP contribution is -2.44. The maximum absolute atomic E-state index is 12.4. The van der Waals surface area contributed by atoms with Gasteiger partial charge in [0.1, 0.15) is 5.75 Å². The van der Waals surface area contributed by atoms with E-state index in [0.29, 0.717) is 18.0 Å². The van der Waals surface area contributed by atoms with Crippen molar-refractivity contribution < 1.29 is 14.3 Å². The molecule has 0 saturated carbocycles. The molecule has 158 valence electrons. The van der Waals surface area contributed by atoms with Gasteiger partial charge in [0.2, 0.25) is 0 Å². The van der Waals surface area contributed by atoms with Crippen molar-refractivity contribution in [2.75, 3.05) is 11.9 Å². The Labute approximate surface area is 179 Å². The number of amides is 3. The monoisotopic (exact) mass is 417 g/mol. The van der Waals surface area contributed by atoms with Gasteiger partial charge in [-0.3, -0.25) is 15.3 Å². The molecular weight excluding hydrogens is 394 g/mol. The Hall–Kier alpha value is -3.81. The third kappa shape index (κ3) is 3.96. The van der Waals surface area contributed by atoms with Gasteiger partial charge in [0.15, 0.2) is 5.69 Å². The number of hydrogen-bond acceptors (Lipinski definition) is 4. The number of H-pyrrole nitrogens is 1. The minimum atomic E-state index is -0.530. The first kappa shape index (κ1) is 19.2. The summed E-state index contributed by atoms with van der Waals surface area (Å²) in [6.07, 6.45) is 4.76. The fourth-order valence-corrected chi connectivity index (χ4v) is 4.15. The number of carbonyl (C=O) groups is 2. The Kier molecular flexibility index (Phi) is 5.03. The predicted octanol–water partition coefficient (Wildman–Crippen LogP) is 3.36. The SMILES string of the molecule is O=C(NNC(=O)c1n[nH]c2c1CCCC2)Nc1cccc(-c2ccc3c(c2)CCO3)c1. The van der Waals surface area contributed by atoms with E-state index in [-0.39, 0.29) is 0 Å². The van der Waals surface area contributed by atoms with Gasteiger partial charge in [0.05, 0.1) is 6.61 Å². The molecule has 5 rings (SSSR count). The van der Waals surface area contributed by atoms with E-state index in [4.69, 9.17) is 4.74 Å². The standard InChI is InChI=1S/C23H23N5O3/c29-22(21-18-6-1-2-7-19(18)25-26-21)27-28-23(30)24-17-5-3-4-14(13-17)15-8-9-20-16(12-15)10-11-31-20/h3-5,8-9,12-13H,1-2,6-7,10-11H2,(H,25,26)(H,27,29)(H2,24,28,30). The van der Waals surface area contributed by atoms with Gasteiger partial charge >= 0.3 is 6.03 Å². The minimum absolute atomic E-state index is 0.345. The van der Waals surface area contributed by atoms with E-state index in [0.717, 1.165) is 60.2 Å². The average molecular weight is 417 g/mol. The van der Waals surface area contributed by atoms with Gasteiger partial charge in [-0.15, -0.1) is 0 Å². The van der Waals surface area contributed by atoms with Crippen molar-refractivity contribution >= 4 is 17.6 Å². The lowest BCUT2D eigenvalue weighted by atomic mass is 9.96. The Morgan fingerprint density at radius 2 is 1.84 bits per heavy atom. The Morgan fingerprint density at radius 3 is 2.77 bits per heavy atom.